The first kappa shape index (κ1) is 22.3. The van der Waals surface area contributed by atoms with Crippen LogP contribution in [0.3, 0.4) is 0 Å². The van der Waals surface area contributed by atoms with Crippen LogP contribution in [0.4, 0.5) is 14.9 Å². The minimum atomic E-state index is -1.18. The number of fused-ring (bicyclic) bond motifs is 2. The molecule has 1 spiro atoms. The molecule has 0 unspecified atom stereocenters. The lowest BCUT2D eigenvalue weighted by Crippen LogP contribution is -2.53. The van der Waals surface area contributed by atoms with Crippen LogP contribution in [0.2, 0.25) is 0 Å². The number of hydrogen-bond acceptors (Lipinski definition) is 4. The molecule has 2 aliphatic heterocycles. The summed E-state index contributed by atoms with van der Waals surface area (Å²) in [5, 5.41) is 2.97. The van der Waals surface area contributed by atoms with Gasteiger partial charge in [-0.05, 0) is 41.5 Å². The highest BCUT2D eigenvalue weighted by atomic mass is 32.2. The van der Waals surface area contributed by atoms with Crippen LogP contribution in [0.15, 0.2) is 72.8 Å². The summed E-state index contributed by atoms with van der Waals surface area (Å²) in [4.78, 5) is 29.5. The summed E-state index contributed by atoms with van der Waals surface area (Å²) < 4.78 is 18.9. The number of rotatable bonds is 5. The Bertz CT molecular complexity index is 1220. The Balaban J connectivity index is 1.49. The van der Waals surface area contributed by atoms with Crippen molar-refractivity contribution in [1.82, 2.24) is 10.2 Å². The van der Waals surface area contributed by atoms with Gasteiger partial charge in [0, 0.05) is 24.4 Å². The molecule has 1 fully saturated rings. The van der Waals surface area contributed by atoms with Crippen LogP contribution in [0.1, 0.15) is 16.7 Å². The van der Waals surface area contributed by atoms with E-state index in [0.717, 1.165) is 22.4 Å². The average Bonchev–Trinajstić information content (AvgIpc) is 3.41. The molecule has 5 rings (SSSR count). The van der Waals surface area contributed by atoms with Gasteiger partial charge in [0.15, 0.2) is 4.87 Å². The number of nitrogens with one attached hydrogen (secondary N) is 1. The van der Waals surface area contributed by atoms with Crippen LogP contribution >= 0.6 is 11.8 Å². The zero-order chi connectivity index (χ0) is 23.7. The summed E-state index contributed by atoms with van der Waals surface area (Å²) in [6.07, 6.45) is 0. The average molecular weight is 478 g/mol. The van der Waals surface area contributed by atoms with Crippen molar-refractivity contribution in [2.75, 3.05) is 24.3 Å². The van der Waals surface area contributed by atoms with E-state index in [2.05, 4.69) is 5.32 Å². The molecule has 3 amide bonds. The highest BCUT2D eigenvalue weighted by Crippen LogP contribution is 2.55. The molecule has 8 heteroatoms. The lowest BCUT2D eigenvalue weighted by Gasteiger charge is -2.33. The second kappa shape index (κ2) is 9.02. The van der Waals surface area contributed by atoms with Gasteiger partial charge in [-0.2, -0.15) is 0 Å². The Kier molecular flexibility index (Phi) is 5.91. The van der Waals surface area contributed by atoms with E-state index in [1.165, 1.54) is 23.9 Å². The molecule has 1 N–H and O–H groups in total. The van der Waals surface area contributed by atoms with Crippen LogP contribution in [0.25, 0.3) is 0 Å². The molecule has 3 aromatic carbocycles. The maximum absolute atomic E-state index is 14.0. The molecule has 0 saturated carbocycles. The summed E-state index contributed by atoms with van der Waals surface area (Å²) in [6.45, 7) is 1.09. The van der Waals surface area contributed by atoms with Gasteiger partial charge in [0.05, 0.1) is 19.3 Å². The Morgan fingerprint density at radius 1 is 1.09 bits per heavy atom. The fraction of sp³-hybridized carbons (Fsp3) is 0.231. The number of anilines is 1. The Hall–Kier alpha value is -3.52. The summed E-state index contributed by atoms with van der Waals surface area (Å²) in [5.41, 5.74) is 3.24. The fourth-order valence-electron chi connectivity index (χ4n) is 4.52. The minimum Gasteiger partial charge on any atom is -0.497 e. The molecular weight excluding hydrogens is 453 g/mol. The predicted molar refractivity (Wildman–Crippen MR) is 130 cm³/mol. The molecule has 6 nitrogen and oxygen atoms in total. The molecular formula is C26H24FN3O3S. The highest BCUT2D eigenvalue weighted by molar-refractivity contribution is 8.01. The Morgan fingerprint density at radius 2 is 1.85 bits per heavy atom. The second-order valence-corrected chi connectivity index (χ2v) is 9.48. The van der Waals surface area contributed by atoms with E-state index in [1.54, 1.807) is 29.0 Å². The molecule has 3 aromatic rings. The quantitative estimate of drug-likeness (QED) is 0.588. The van der Waals surface area contributed by atoms with Crippen LogP contribution < -0.4 is 15.0 Å². The van der Waals surface area contributed by atoms with E-state index in [4.69, 9.17) is 4.74 Å². The second-order valence-electron chi connectivity index (χ2n) is 8.19. The first-order valence-electron chi connectivity index (χ1n) is 11.0. The van der Waals surface area contributed by atoms with E-state index < -0.39 is 4.87 Å². The number of carbonyl (C=O) groups is 2. The fourth-order valence-corrected chi connectivity index (χ4v) is 5.97. The van der Waals surface area contributed by atoms with Gasteiger partial charge in [0.2, 0.25) is 0 Å². The van der Waals surface area contributed by atoms with Gasteiger partial charge in [-0.25, -0.2) is 9.18 Å². The third-order valence-electron chi connectivity index (χ3n) is 6.19. The molecule has 1 atom stereocenters. The zero-order valence-corrected chi connectivity index (χ0v) is 19.5. The van der Waals surface area contributed by atoms with Crippen molar-refractivity contribution in [1.29, 1.82) is 0 Å². The third kappa shape index (κ3) is 3.77. The lowest BCUT2D eigenvalue weighted by molar-refractivity contribution is -0.123. The number of benzene rings is 3. The monoisotopic (exact) mass is 477 g/mol. The SMILES string of the molecule is COc1ccc2c(c1)[C@]1(SCCN1C(=O)NCc1ccccc1)C(=O)N2Cc1ccc(F)cc1. The maximum atomic E-state index is 14.0. The molecule has 2 aliphatic rings. The molecule has 0 bridgehead atoms. The third-order valence-corrected chi connectivity index (χ3v) is 7.61. The van der Waals surface area contributed by atoms with E-state index in [1.807, 2.05) is 48.5 Å². The zero-order valence-electron chi connectivity index (χ0n) is 18.7. The molecule has 1 saturated heterocycles. The molecule has 0 aromatic heterocycles. The van der Waals surface area contributed by atoms with Crippen molar-refractivity contribution in [2.45, 2.75) is 18.0 Å². The van der Waals surface area contributed by atoms with Crippen molar-refractivity contribution in [3.63, 3.8) is 0 Å². The van der Waals surface area contributed by atoms with Gasteiger partial charge in [-0.3, -0.25) is 9.69 Å². The standard InChI is InChI=1S/C26H24FN3O3S/c1-33-21-11-12-23-22(15-21)26(24(31)29(23)17-19-7-9-20(27)10-8-19)30(13-14-34-26)25(32)28-16-18-5-3-2-4-6-18/h2-12,15H,13-14,16-17H2,1H3,(H,28,32)/t26-/m0/s1. The number of methoxy groups -OCH3 is 1. The summed E-state index contributed by atoms with van der Waals surface area (Å²) in [7, 11) is 1.58. The van der Waals surface area contributed by atoms with E-state index in [0.29, 0.717) is 24.6 Å². The number of urea groups is 1. The minimum absolute atomic E-state index is 0.183. The lowest BCUT2D eigenvalue weighted by atomic mass is 10.1. The van der Waals surface area contributed by atoms with E-state index in [-0.39, 0.29) is 24.3 Å². The summed E-state index contributed by atoms with van der Waals surface area (Å²) in [5.74, 6) is 0.737. The predicted octanol–water partition coefficient (Wildman–Crippen LogP) is 4.49. The largest absolute Gasteiger partial charge is 0.497 e. The van der Waals surface area contributed by atoms with Crippen molar-refractivity contribution < 1.29 is 18.7 Å². The van der Waals surface area contributed by atoms with Gasteiger partial charge >= 0.3 is 6.03 Å². The van der Waals surface area contributed by atoms with Crippen molar-refractivity contribution in [2.24, 2.45) is 0 Å². The Morgan fingerprint density at radius 3 is 2.59 bits per heavy atom. The van der Waals surface area contributed by atoms with Crippen molar-refractivity contribution in [3.8, 4) is 5.75 Å². The number of hydrogen-bond donors (Lipinski definition) is 1. The van der Waals surface area contributed by atoms with E-state index >= 15 is 0 Å². The molecule has 0 aliphatic carbocycles. The van der Waals surface area contributed by atoms with Gasteiger partial charge in [-0.15, -0.1) is 11.8 Å². The molecule has 0 radical (unpaired) electrons. The van der Waals surface area contributed by atoms with Gasteiger partial charge < -0.3 is 15.0 Å². The first-order valence-corrected chi connectivity index (χ1v) is 12.0. The van der Waals surface area contributed by atoms with Gasteiger partial charge in [0.1, 0.15) is 11.6 Å². The molecule has 2 heterocycles. The summed E-state index contributed by atoms with van der Waals surface area (Å²) in [6, 6.07) is 21.0. The number of carbonyl (C=O) groups excluding carboxylic acids is 2. The topological polar surface area (TPSA) is 61.9 Å². The highest BCUT2D eigenvalue weighted by Gasteiger charge is 2.59. The number of amides is 3. The van der Waals surface area contributed by atoms with Crippen molar-refractivity contribution in [3.05, 3.63) is 95.3 Å². The normalized spacial score (nSPS) is 18.9. The van der Waals surface area contributed by atoms with Gasteiger partial charge in [0.25, 0.3) is 5.91 Å². The number of thioether (sulfide) groups is 1. The first-order chi connectivity index (χ1) is 16.5. The van der Waals surface area contributed by atoms with Crippen LogP contribution in [-0.2, 0) is 22.8 Å². The maximum Gasteiger partial charge on any atom is 0.319 e. The number of halogens is 1. The van der Waals surface area contributed by atoms with E-state index in [9.17, 15) is 14.0 Å². The van der Waals surface area contributed by atoms with Gasteiger partial charge in [-0.1, -0.05) is 42.5 Å². The smallest absolute Gasteiger partial charge is 0.319 e. The summed E-state index contributed by atoms with van der Waals surface area (Å²) >= 11 is 1.46. The van der Waals surface area contributed by atoms with Crippen molar-refractivity contribution >= 4 is 29.4 Å². The van der Waals surface area contributed by atoms with Crippen LogP contribution in [-0.4, -0.2) is 36.2 Å². The van der Waals surface area contributed by atoms with Crippen LogP contribution in [0, 0.1) is 5.82 Å². The number of ether oxygens (including phenoxy) is 1. The Labute approximate surface area is 201 Å². The molecule has 34 heavy (non-hydrogen) atoms. The number of nitrogens with zero attached hydrogens (tertiary/aromatic N) is 2. The molecule has 174 valence electrons. The van der Waals surface area contributed by atoms with Crippen LogP contribution in [0.5, 0.6) is 5.75 Å².